The van der Waals surface area contributed by atoms with Crippen LogP contribution >= 0.6 is 15.9 Å². The van der Waals surface area contributed by atoms with Crippen LogP contribution in [0.5, 0.6) is 5.75 Å². The van der Waals surface area contributed by atoms with Crippen LogP contribution in [-0.2, 0) is 21.3 Å². The number of methoxy groups -OCH3 is 2. The Labute approximate surface area is 155 Å². The summed E-state index contributed by atoms with van der Waals surface area (Å²) < 4.78 is 37.4. The molecular formula is C17H18BrNO5S. The van der Waals surface area contributed by atoms with Gasteiger partial charge in [0.2, 0.25) is 10.0 Å². The molecule has 2 aromatic rings. The monoisotopic (exact) mass is 427 g/mol. The second-order valence-corrected chi connectivity index (χ2v) is 8.19. The fourth-order valence-corrected chi connectivity index (χ4v) is 3.81. The molecule has 0 fully saturated rings. The van der Waals surface area contributed by atoms with Crippen molar-refractivity contribution < 1.29 is 22.7 Å². The molecule has 0 N–H and O–H groups in total. The number of hydrogen-bond acceptors (Lipinski definition) is 5. The number of sulfonamides is 1. The van der Waals surface area contributed by atoms with Gasteiger partial charge in [-0.25, -0.2) is 13.2 Å². The lowest BCUT2D eigenvalue weighted by molar-refractivity contribution is 0.0600. The van der Waals surface area contributed by atoms with Gasteiger partial charge in [0.15, 0.2) is 0 Å². The molecular weight excluding hydrogens is 410 g/mol. The fraction of sp³-hybridized carbons (Fsp3) is 0.235. The van der Waals surface area contributed by atoms with E-state index >= 15 is 0 Å². The minimum atomic E-state index is -3.71. The van der Waals surface area contributed by atoms with Gasteiger partial charge in [0.05, 0.1) is 24.7 Å². The summed E-state index contributed by atoms with van der Waals surface area (Å²) in [4.78, 5) is 11.5. The Morgan fingerprint density at radius 3 is 2.32 bits per heavy atom. The lowest BCUT2D eigenvalue weighted by Gasteiger charge is -2.19. The molecule has 2 aromatic carbocycles. The van der Waals surface area contributed by atoms with Gasteiger partial charge in [0, 0.05) is 23.6 Å². The van der Waals surface area contributed by atoms with Crippen LogP contribution in [0.15, 0.2) is 51.8 Å². The van der Waals surface area contributed by atoms with Gasteiger partial charge in [0.25, 0.3) is 0 Å². The number of nitrogens with zero attached hydrogens (tertiary/aromatic N) is 1. The van der Waals surface area contributed by atoms with Gasteiger partial charge < -0.3 is 9.47 Å². The summed E-state index contributed by atoms with van der Waals surface area (Å²) in [7, 11) is 0.581. The van der Waals surface area contributed by atoms with Gasteiger partial charge in [-0.1, -0.05) is 15.9 Å². The van der Waals surface area contributed by atoms with E-state index in [9.17, 15) is 13.2 Å². The minimum Gasteiger partial charge on any atom is -0.496 e. The predicted octanol–water partition coefficient (Wildman–Crippen LogP) is 3.07. The molecule has 134 valence electrons. The molecule has 0 aromatic heterocycles. The van der Waals surface area contributed by atoms with E-state index in [1.165, 1.54) is 49.8 Å². The molecule has 0 saturated carbocycles. The molecule has 8 heteroatoms. The highest BCUT2D eigenvalue weighted by Gasteiger charge is 2.22. The number of hydrogen-bond donors (Lipinski definition) is 0. The van der Waals surface area contributed by atoms with Crippen LogP contribution in [0.2, 0.25) is 0 Å². The zero-order valence-corrected chi connectivity index (χ0v) is 16.4. The molecule has 0 spiro atoms. The van der Waals surface area contributed by atoms with Crippen molar-refractivity contribution in [2.45, 2.75) is 11.4 Å². The highest BCUT2D eigenvalue weighted by atomic mass is 79.9. The number of ether oxygens (including phenoxy) is 2. The molecule has 0 bridgehead atoms. The van der Waals surface area contributed by atoms with Crippen LogP contribution in [-0.4, -0.2) is 40.0 Å². The molecule has 0 amide bonds. The highest BCUT2D eigenvalue weighted by Crippen LogP contribution is 2.26. The number of carbonyl (C=O) groups excluding carboxylic acids is 1. The third-order valence-electron chi connectivity index (χ3n) is 3.62. The van der Waals surface area contributed by atoms with Crippen molar-refractivity contribution in [3.63, 3.8) is 0 Å². The maximum atomic E-state index is 12.7. The Balaban J connectivity index is 2.27. The number of benzene rings is 2. The van der Waals surface area contributed by atoms with Crippen molar-refractivity contribution in [3.8, 4) is 5.75 Å². The van der Waals surface area contributed by atoms with Crippen LogP contribution in [0.1, 0.15) is 15.9 Å². The SMILES string of the molecule is COC(=O)c1ccc(S(=O)(=O)N(C)Cc2cc(Br)ccc2OC)cc1. The molecule has 0 atom stereocenters. The molecule has 0 heterocycles. The Kier molecular flexibility index (Phi) is 6.21. The van der Waals surface area contributed by atoms with E-state index in [1.54, 1.807) is 6.07 Å². The number of esters is 1. The summed E-state index contributed by atoms with van der Waals surface area (Å²) in [5, 5.41) is 0. The summed E-state index contributed by atoms with van der Waals surface area (Å²) >= 11 is 3.37. The van der Waals surface area contributed by atoms with Crippen molar-refractivity contribution in [1.82, 2.24) is 4.31 Å². The molecule has 0 aliphatic carbocycles. The van der Waals surface area contributed by atoms with Crippen LogP contribution in [0.4, 0.5) is 0 Å². The highest BCUT2D eigenvalue weighted by molar-refractivity contribution is 9.10. The van der Waals surface area contributed by atoms with E-state index in [1.807, 2.05) is 12.1 Å². The quantitative estimate of drug-likeness (QED) is 0.662. The van der Waals surface area contributed by atoms with Gasteiger partial charge in [-0.05, 0) is 42.5 Å². The Morgan fingerprint density at radius 2 is 1.76 bits per heavy atom. The van der Waals surface area contributed by atoms with E-state index < -0.39 is 16.0 Å². The number of carbonyl (C=O) groups is 1. The lowest BCUT2D eigenvalue weighted by atomic mass is 10.2. The normalized spacial score (nSPS) is 11.4. The van der Waals surface area contributed by atoms with Crippen LogP contribution in [0.25, 0.3) is 0 Å². The topological polar surface area (TPSA) is 72.9 Å². The smallest absolute Gasteiger partial charge is 0.337 e. The van der Waals surface area contributed by atoms with E-state index in [-0.39, 0.29) is 17.0 Å². The maximum absolute atomic E-state index is 12.7. The van der Waals surface area contributed by atoms with Gasteiger partial charge in [-0.2, -0.15) is 4.31 Å². The van der Waals surface area contributed by atoms with Crippen molar-refractivity contribution in [3.05, 3.63) is 58.1 Å². The Bertz CT molecular complexity index is 865. The van der Waals surface area contributed by atoms with Gasteiger partial charge in [-0.3, -0.25) is 0 Å². The molecule has 0 aliphatic rings. The van der Waals surface area contributed by atoms with Gasteiger partial charge >= 0.3 is 5.97 Å². The summed E-state index contributed by atoms with van der Waals surface area (Å²) in [6.07, 6.45) is 0. The Hall–Kier alpha value is -1.90. The first kappa shape index (κ1) is 19.4. The summed E-state index contributed by atoms with van der Waals surface area (Å²) in [5.41, 5.74) is 1.02. The third-order valence-corrected chi connectivity index (χ3v) is 5.93. The van der Waals surface area contributed by atoms with Gasteiger partial charge in [0.1, 0.15) is 5.75 Å². The summed E-state index contributed by atoms with van der Waals surface area (Å²) in [6, 6.07) is 11.0. The molecule has 0 saturated heterocycles. The van der Waals surface area contributed by atoms with Crippen LogP contribution < -0.4 is 4.74 Å². The first-order valence-corrected chi connectivity index (χ1v) is 9.50. The molecule has 0 aliphatic heterocycles. The van der Waals surface area contributed by atoms with Crippen molar-refractivity contribution in [2.24, 2.45) is 0 Å². The van der Waals surface area contributed by atoms with Crippen molar-refractivity contribution in [2.75, 3.05) is 21.3 Å². The molecule has 0 radical (unpaired) electrons. The first-order valence-electron chi connectivity index (χ1n) is 7.26. The number of rotatable bonds is 6. The maximum Gasteiger partial charge on any atom is 0.337 e. The second-order valence-electron chi connectivity index (χ2n) is 5.23. The van der Waals surface area contributed by atoms with Gasteiger partial charge in [-0.15, -0.1) is 0 Å². The summed E-state index contributed by atoms with van der Waals surface area (Å²) in [5.74, 6) is 0.0856. The average molecular weight is 428 g/mol. The third kappa shape index (κ3) is 4.39. The fourth-order valence-electron chi connectivity index (χ4n) is 2.26. The second kappa shape index (κ2) is 7.99. The Morgan fingerprint density at radius 1 is 1.12 bits per heavy atom. The first-order chi connectivity index (χ1) is 11.8. The largest absolute Gasteiger partial charge is 0.496 e. The zero-order chi connectivity index (χ0) is 18.6. The van der Waals surface area contributed by atoms with E-state index in [0.29, 0.717) is 5.75 Å². The van der Waals surface area contributed by atoms with Crippen LogP contribution in [0, 0.1) is 0 Å². The number of halogens is 1. The molecule has 2 rings (SSSR count). The molecule has 25 heavy (non-hydrogen) atoms. The minimum absolute atomic E-state index is 0.0941. The zero-order valence-electron chi connectivity index (χ0n) is 14.0. The van der Waals surface area contributed by atoms with Crippen molar-refractivity contribution in [1.29, 1.82) is 0 Å². The summed E-state index contributed by atoms with van der Waals surface area (Å²) in [6.45, 7) is 0.143. The van der Waals surface area contributed by atoms with E-state index in [4.69, 9.17) is 4.74 Å². The van der Waals surface area contributed by atoms with E-state index in [2.05, 4.69) is 20.7 Å². The predicted molar refractivity (Wildman–Crippen MR) is 97.1 cm³/mol. The lowest BCUT2D eigenvalue weighted by Crippen LogP contribution is -2.26. The standard InChI is InChI=1S/C17H18BrNO5S/c1-19(11-13-10-14(18)6-9-16(13)23-2)25(21,22)15-7-4-12(5-8-15)17(20)24-3/h4-10H,11H2,1-3H3. The molecule has 0 unspecified atom stereocenters. The van der Waals surface area contributed by atoms with Crippen LogP contribution in [0.3, 0.4) is 0 Å². The average Bonchev–Trinajstić information content (AvgIpc) is 2.61. The van der Waals surface area contributed by atoms with E-state index in [0.717, 1.165) is 10.0 Å². The molecule has 6 nitrogen and oxygen atoms in total. The van der Waals surface area contributed by atoms with Crippen molar-refractivity contribution >= 4 is 31.9 Å².